The van der Waals surface area contributed by atoms with Crippen LogP contribution >= 0.6 is 11.6 Å². The van der Waals surface area contributed by atoms with Crippen molar-refractivity contribution in [1.29, 1.82) is 0 Å². The molecule has 0 atom stereocenters. The molecule has 0 aliphatic carbocycles. The summed E-state index contributed by atoms with van der Waals surface area (Å²) in [6.45, 7) is 0. The van der Waals surface area contributed by atoms with Gasteiger partial charge in [-0.05, 0) is 6.07 Å². The quantitative estimate of drug-likeness (QED) is 0.476. The Morgan fingerprint density at radius 3 is 2.25 bits per heavy atom. The molecular weight excluding hydrogens is 186 g/mol. The number of nitrogens with one attached hydrogen (secondary N) is 1. The molecule has 0 fully saturated rings. The second-order valence-corrected chi connectivity index (χ2v) is 2.12. The molecule has 0 saturated carbocycles. The van der Waals surface area contributed by atoms with Crippen molar-refractivity contribution in [3.63, 3.8) is 0 Å². The van der Waals surface area contributed by atoms with E-state index in [2.05, 4.69) is 4.98 Å². The van der Waals surface area contributed by atoms with Gasteiger partial charge in [-0.2, -0.15) is 0 Å². The Morgan fingerprint density at radius 2 is 2.00 bits per heavy atom. The predicted molar refractivity (Wildman–Crippen MR) is 42.8 cm³/mol. The molecule has 66 valence electrons. The van der Waals surface area contributed by atoms with Crippen molar-refractivity contribution >= 4 is 17.4 Å². The van der Waals surface area contributed by atoms with Crippen molar-refractivity contribution in [3.8, 4) is 0 Å². The molecule has 0 amide bonds. The van der Waals surface area contributed by atoms with E-state index >= 15 is 0 Å². The number of hydrogen-bond donors (Lipinski definition) is 1. The molecule has 1 rings (SSSR count). The zero-order valence-electron chi connectivity index (χ0n) is 5.86. The lowest BCUT2D eigenvalue weighted by Crippen LogP contribution is -2.07. The van der Waals surface area contributed by atoms with Crippen molar-refractivity contribution in [1.82, 2.24) is 0 Å². The van der Waals surface area contributed by atoms with Crippen LogP contribution in [0, 0.1) is 15.3 Å². The molecule has 0 aliphatic heterocycles. The minimum absolute atomic E-state index is 0.620. The van der Waals surface area contributed by atoms with Crippen LogP contribution in [0.15, 0.2) is 18.3 Å². The standard InChI is InChI=1S/C5H5ClN2.NO3/c6-4-1-2-5(7)8-3-4;2-1(3)4/h1-3H,(H2,7,8);/q;-1/p+1. The van der Waals surface area contributed by atoms with Gasteiger partial charge in [-0.15, -0.1) is 0 Å². The van der Waals surface area contributed by atoms with Crippen LogP contribution in [0.2, 0.25) is 5.02 Å². The third-order valence-corrected chi connectivity index (χ3v) is 1.03. The number of nitrogens with zero attached hydrogens (tertiary/aromatic N) is 1. The lowest BCUT2D eigenvalue weighted by Gasteiger charge is -1.82. The van der Waals surface area contributed by atoms with Crippen LogP contribution in [0.5, 0.6) is 0 Å². The summed E-state index contributed by atoms with van der Waals surface area (Å²) in [6.07, 6.45) is 1.64. The van der Waals surface area contributed by atoms with Crippen molar-refractivity contribution in [2.45, 2.75) is 0 Å². The molecule has 0 aromatic carbocycles. The summed E-state index contributed by atoms with van der Waals surface area (Å²) >= 11 is 5.52. The van der Waals surface area contributed by atoms with E-state index in [0.29, 0.717) is 10.8 Å². The van der Waals surface area contributed by atoms with E-state index in [1.165, 1.54) is 0 Å². The van der Waals surface area contributed by atoms with Crippen molar-refractivity contribution in [3.05, 3.63) is 38.7 Å². The predicted octanol–water partition coefficient (Wildman–Crippen LogP) is 0.497. The number of aromatic amines is 1. The third-order valence-electron chi connectivity index (χ3n) is 0.799. The van der Waals surface area contributed by atoms with E-state index in [9.17, 15) is 0 Å². The maximum absolute atomic E-state index is 8.25. The molecule has 1 heterocycles. The maximum atomic E-state index is 8.25. The number of halogens is 1. The minimum atomic E-state index is -1.75. The first-order valence-electron chi connectivity index (χ1n) is 2.76. The lowest BCUT2D eigenvalue weighted by atomic mass is 10.5. The largest absolute Gasteiger partial charge is 0.356 e. The Labute approximate surface area is 72.7 Å². The highest BCUT2D eigenvalue weighted by Crippen LogP contribution is 2.02. The summed E-state index contributed by atoms with van der Waals surface area (Å²) in [7, 11) is 0. The van der Waals surface area contributed by atoms with Crippen molar-refractivity contribution < 1.29 is 10.1 Å². The van der Waals surface area contributed by atoms with Crippen LogP contribution in [0.4, 0.5) is 5.82 Å². The van der Waals surface area contributed by atoms with Gasteiger partial charge in [0.2, 0.25) is 0 Å². The van der Waals surface area contributed by atoms with Crippen LogP contribution < -0.4 is 10.7 Å². The Hall–Kier alpha value is -1.56. The van der Waals surface area contributed by atoms with Crippen molar-refractivity contribution in [2.24, 2.45) is 0 Å². The summed E-state index contributed by atoms with van der Waals surface area (Å²) in [5, 5.41) is 15.4. The number of H-pyrrole nitrogens is 1. The molecule has 0 radical (unpaired) electrons. The minimum Gasteiger partial charge on any atom is -0.356 e. The highest BCUT2D eigenvalue weighted by atomic mass is 35.5. The topological polar surface area (TPSA) is 106 Å². The van der Waals surface area contributed by atoms with Crippen LogP contribution in [-0.2, 0) is 0 Å². The van der Waals surface area contributed by atoms with E-state index in [1.807, 2.05) is 0 Å². The van der Waals surface area contributed by atoms with Gasteiger partial charge in [-0.1, -0.05) is 11.6 Å². The number of pyridine rings is 1. The Bertz CT molecular complexity index is 226. The maximum Gasteiger partial charge on any atom is 0.270 e. The molecule has 3 N–H and O–H groups in total. The van der Waals surface area contributed by atoms with E-state index in [0.717, 1.165) is 0 Å². The van der Waals surface area contributed by atoms with Crippen molar-refractivity contribution in [2.75, 3.05) is 5.73 Å². The number of hydrogen-bond acceptors (Lipinski definition) is 4. The second-order valence-electron chi connectivity index (χ2n) is 1.69. The number of nitrogen functional groups attached to an aromatic ring is 1. The van der Waals surface area contributed by atoms with Gasteiger partial charge >= 0.3 is 0 Å². The monoisotopic (exact) mass is 191 g/mol. The average Bonchev–Trinajstić information content (AvgIpc) is 1.94. The first kappa shape index (κ1) is 10.4. The molecule has 7 heteroatoms. The highest BCUT2D eigenvalue weighted by Gasteiger charge is 1.89. The lowest BCUT2D eigenvalue weighted by molar-refractivity contribution is -0.402. The van der Waals surface area contributed by atoms with E-state index in [-0.39, 0.29) is 0 Å². The van der Waals surface area contributed by atoms with Gasteiger partial charge in [0.1, 0.15) is 6.20 Å². The molecule has 6 nitrogen and oxygen atoms in total. The summed E-state index contributed by atoms with van der Waals surface area (Å²) < 4.78 is 0. The van der Waals surface area contributed by atoms with Gasteiger partial charge in [0.05, 0.1) is 10.1 Å². The molecule has 0 saturated heterocycles. The number of rotatable bonds is 0. The molecule has 0 bridgehead atoms. The third kappa shape index (κ3) is 6.56. The van der Waals surface area contributed by atoms with Crippen LogP contribution in [0.1, 0.15) is 0 Å². The summed E-state index contributed by atoms with van der Waals surface area (Å²) in [5.74, 6) is 0.620. The fourth-order valence-corrected chi connectivity index (χ4v) is 0.535. The molecular formula is C5H6ClN3O3. The second kappa shape index (κ2) is 5.14. The zero-order valence-corrected chi connectivity index (χ0v) is 6.62. The number of nitrogens with two attached hydrogens (primary N) is 1. The molecule has 12 heavy (non-hydrogen) atoms. The van der Waals surface area contributed by atoms with Gasteiger partial charge in [0.15, 0.2) is 0 Å². The molecule has 1 aromatic heterocycles. The van der Waals surface area contributed by atoms with Gasteiger partial charge in [-0.3, -0.25) is 5.73 Å². The number of aromatic nitrogens is 1. The normalized spacial score (nSPS) is 8.08. The van der Waals surface area contributed by atoms with E-state index < -0.39 is 5.09 Å². The summed E-state index contributed by atoms with van der Waals surface area (Å²) in [4.78, 5) is 11.0. The van der Waals surface area contributed by atoms with Crippen LogP contribution in [0.25, 0.3) is 0 Å². The van der Waals surface area contributed by atoms with E-state index in [1.54, 1.807) is 18.3 Å². The SMILES string of the molecule is Nc1ccc(Cl)c[nH+]1.O=[N+]([O-])[O-]. The molecule has 1 aromatic rings. The van der Waals surface area contributed by atoms with Gasteiger partial charge in [0.25, 0.3) is 5.82 Å². The van der Waals surface area contributed by atoms with Gasteiger partial charge < -0.3 is 15.3 Å². The molecule has 0 aliphatic rings. The smallest absolute Gasteiger partial charge is 0.270 e. The molecule has 0 spiro atoms. The summed E-state index contributed by atoms with van der Waals surface area (Å²) in [6, 6.07) is 3.44. The Balaban J connectivity index is 0.000000261. The zero-order chi connectivity index (χ0) is 9.56. The first-order valence-corrected chi connectivity index (χ1v) is 3.14. The fourth-order valence-electron chi connectivity index (χ4n) is 0.418. The molecule has 0 unspecified atom stereocenters. The fraction of sp³-hybridized carbons (Fsp3) is 0. The van der Waals surface area contributed by atoms with Gasteiger partial charge in [-0.25, -0.2) is 4.98 Å². The average molecular weight is 192 g/mol. The Morgan fingerprint density at radius 1 is 1.50 bits per heavy atom. The van der Waals surface area contributed by atoms with Gasteiger partial charge in [0, 0.05) is 6.07 Å². The first-order chi connectivity index (χ1) is 5.52. The highest BCUT2D eigenvalue weighted by molar-refractivity contribution is 6.30. The number of anilines is 1. The summed E-state index contributed by atoms with van der Waals surface area (Å²) in [5.41, 5.74) is 5.31. The van der Waals surface area contributed by atoms with Crippen LogP contribution in [-0.4, -0.2) is 5.09 Å². The Kier molecular flexibility index (Phi) is 4.47. The van der Waals surface area contributed by atoms with Crippen LogP contribution in [0.3, 0.4) is 0 Å². The van der Waals surface area contributed by atoms with E-state index in [4.69, 9.17) is 32.7 Å².